The maximum atomic E-state index is 6.16. The first-order valence-corrected chi connectivity index (χ1v) is 8.45. The molecule has 0 radical (unpaired) electrons. The average Bonchev–Trinajstić information content (AvgIpc) is 2.54. The van der Waals surface area contributed by atoms with Gasteiger partial charge in [0.1, 0.15) is 5.75 Å². The van der Waals surface area contributed by atoms with Crippen molar-refractivity contribution in [2.75, 3.05) is 31.6 Å². The van der Waals surface area contributed by atoms with Gasteiger partial charge in [0.25, 0.3) is 0 Å². The minimum absolute atomic E-state index is 0.588. The molecule has 0 bridgehead atoms. The van der Waals surface area contributed by atoms with E-state index in [1.807, 2.05) is 6.07 Å². The van der Waals surface area contributed by atoms with Crippen molar-refractivity contribution in [3.8, 4) is 5.75 Å². The SMILES string of the molecule is CCC1CN2CCCCC2CN1c1ccc(Cl)c(OC)c1. The zero-order valence-electron chi connectivity index (χ0n) is 13.0. The fourth-order valence-corrected chi connectivity index (χ4v) is 3.94. The van der Waals surface area contributed by atoms with Crippen molar-refractivity contribution in [3.63, 3.8) is 0 Å². The van der Waals surface area contributed by atoms with Crippen LogP contribution in [-0.4, -0.2) is 43.7 Å². The third-order valence-corrected chi connectivity index (χ3v) is 5.29. The molecule has 0 amide bonds. The van der Waals surface area contributed by atoms with E-state index in [9.17, 15) is 0 Å². The summed E-state index contributed by atoms with van der Waals surface area (Å²) in [7, 11) is 1.68. The molecule has 2 unspecified atom stereocenters. The van der Waals surface area contributed by atoms with Gasteiger partial charge in [0.05, 0.1) is 12.1 Å². The summed E-state index contributed by atoms with van der Waals surface area (Å²) in [5, 5.41) is 0.686. The molecule has 0 N–H and O–H groups in total. The first kappa shape index (κ1) is 15.0. The number of anilines is 1. The van der Waals surface area contributed by atoms with Crippen LogP contribution in [0.1, 0.15) is 32.6 Å². The van der Waals surface area contributed by atoms with E-state index in [1.54, 1.807) is 7.11 Å². The van der Waals surface area contributed by atoms with Gasteiger partial charge in [0, 0.05) is 36.9 Å². The Morgan fingerprint density at radius 1 is 1.29 bits per heavy atom. The summed E-state index contributed by atoms with van der Waals surface area (Å²) in [4.78, 5) is 5.26. The lowest BCUT2D eigenvalue weighted by Gasteiger charge is -2.49. The number of hydrogen-bond donors (Lipinski definition) is 0. The van der Waals surface area contributed by atoms with Crippen LogP contribution in [0.3, 0.4) is 0 Å². The molecule has 0 saturated carbocycles. The molecule has 3 rings (SSSR count). The molecule has 2 aliphatic rings. The molecule has 4 heteroatoms. The monoisotopic (exact) mass is 308 g/mol. The molecule has 0 aliphatic carbocycles. The van der Waals surface area contributed by atoms with Crippen molar-refractivity contribution in [1.29, 1.82) is 0 Å². The van der Waals surface area contributed by atoms with Crippen LogP contribution in [0, 0.1) is 0 Å². The van der Waals surface area contributed by atoms with Gasteiger partial charge in [-0.3, -0.25) is 4.90 Å². The van der Waals surface area contributed by atoms with Crippen molar-refractivity contribution in [2.45, 2.75) is 44.7 Å². The van der Waals surface area contributed by atoms with Crippen molar-refractivity contribution >= 4 is 17.3 Å². The quantitative estimate of drug-likeness (QED) is 0.844. The van der Waals surface area contributed by atoms with Crippen LogP contribution in [-0.2, 0) is 0 Å². The van der Waals surface area contributed by atoms with Gasteiger partial charge in [-0.15, -0.1) is 0 Å². The van der Waals surface area contributed by atoms with Gasteiger partial charge >= 0.3 is 0 Å². The third-order valence-electron chi connectivity index (χ3n) is 4.98. The standard InChI is InChI=1S/C17H25ClN2O/c1-3-13-11-19-9-5-4-6-15(19)12-20(13)14-7-8-16(18)17(10-14)21-2/h7-8,10,13,15H,3-6,9,11-12H2,1-2H3. The summed E-state index contributed by atoms with van der Waals surface area (Å²) in [6, 6.07) is 7.47. The van der Waals surface area contributed by atoms with E-state index in [1.165, 1.54) is 44.5 Å². The largest absolute Gasteiger partial charge is 0.495 e. The zero-order chi connectivity index (χ0) is 14.8. The van der Waals surface area contributed by atoms with E-state index in [-0.39, 0.29) is 0 Å². The average molecular weight is 309 g/mol. The molecule has 2 saturated heterocycles. The first-order chi connectivity index (χ1) is 10.2. The smallest absolute Gasteiger partial charge is 0.139 e. The van der Waals surface area contributed by atoms with Crippen molar-refractivity contribution in [1.82, 2.24) is 4.90 Å². The molecule has 1 aromatic carbocycles. The summed E-state index contributed by atoms with van der Waals surface area (Å²) in [5.41, 5.74) is 1.24. The van der Waals surface area contributed by atoms with Gasteiger partial charge in [-0.05, 0) is 37.9 Å². The molecule has 1 aromatic rings. The van der Waals surface area contributed by atoms with Gasteiger partial charge in [-0.1, -0.05) is 24.9 Å². The predicted molar refractivity (Wildman–Crippen MR) is 88.6 cm³/mol. The number of halogens is 1. The third kappa shape index (κ3) is 3.00. The Bertz CT molecular complexity index is 494. The van der Waals surface area contributed by atoms with Crippen LogP contribution in [0.4, 0.5) is 5.69 Å². The Labute approximate surface area is 132 Å². The zero-order valence-corrected chi connectivity index (χ0v) is 13.8. The lowest BCUT2D eigenvalue weighted by Crippen LogP contribution is -2.59. The molecule has 3 nitrogen and oxygen atoms in total. The summed E-state index contributed by atoms with van der Waals surface area (Å²) in [6.07, 6.45) is 5.24. The molecular weight excluding hydrogens is 284 g/mol. The Balaban J connectivity index is 1.85. The second kappa shape index (κ2) is 6.45. The minimum atomic E-state index is 0.588. The molecule has 2 fully saturated rings. The van der Waals surface area contributed by atoms with Crippen LogP contribution in [0.25, 0.3) is 0 Å². The number of methoxy groups -OCH3 is 1. The van der Waals surface area contributed by atoms with Gasteiger partial charge in [0.15, 0.2) is 0 Å². The highest BCUT2D eigenvalue weighted by atomic mass is 35.5. The van der Waals surface area contributed by atoms with E-state index in [2.05, 4.69) is 28.9 Å². The molecule has 2 atom stereocenters. The maximum absolute atomic E-state index is 6.16. The number of ether oxygens (including phenoxy) is 1. The number of nitrogens with zero attached hydrogens (tertiary/aromatic N) is 2. The fraction of sp³-hybridized carbons (Fsp3) is 0.647. The number of hydrogen-bond acceptors (Lipinski definition) is 3. The Hall–Kier alpha value is -0.930. The molecule has 0 spiro atoms. The molecule has 116 valence electrons. The highest BCUT2D eigenvalue weighted by Gasteiger charge is 2.34. The van der Waals surface area contributed by atoms with Gasteiger partial charge in [-0.25, -0.2) is 0 Å². The summed E-state index contributed by atoms with van der Waals surface area (Å²) in [5.74, 6) is 0.773. The topological polar surface area (TPSA) is 15.7 Å². The summed E-state index contributed by atoms with van der Waals surface area (Å²) >= 11 is 6.16. The van der Waals surface area contributed by atoms with Crippen LogP contribution in [0.5, 0.6) is 5.75 Å². The van der Waals surface area contributed by atoms with E-state index < -0.39 is 0 Å². The van der Waals surface area contributed by atoms with E-state index in [4.69, 9.17) is 16.3 Å². The van der Waals surface area contributed by atoms with Crippen LogP contribution in [0.2, 0.25) is 5.02 Å². The second-order valence-corrected chi connectivity index (χ2v) is 6.59. The highest BCUT2D eigenvalue weighted by Crippen LogP contribution is 2.34. The van der Waals surface area contributed by atoms with Crippen LogP contribution < -0.4 is 9.64 Å². The van der Waals surface area contributed by atoms with Gasteiger partial charge in [0.2, 0.25) is 0 Å². The maximum Gasteiger partial charge on any atom is 0.139 e. The second-order valence-electron chi connectivity index (χ2n) is 6.18. The van der Waals surface area contributed by atoms with Gasteiger partial charge in [-0.2, -0.15) is 0 Å². The van der Waals surface area contributed by atoms with Gasteiger partial charge < -0.3 is 9.64 Å². The molecule has 21 heavy (non-hydrogen) atoms. The lowest BCUT2D eigenvalue weighted by atomic mass is 9.95. The number of piperazine rings is 1. The van der Waals surface area contributed by atoms with E-state index in [0.29, 0.717) is 17.1 Å². The van der Waals surface area contributed by atoms with Crippen molar-refractivity contribution in [3.05, 3.63) is 23.2 Å². The van der Waals surface area contributed by atoms with Crippen molar-refractivity contribution < 1.29 is 4.74 Å². The Morgan fingerprint density at radius 2 is 2.14 bits per heavy atom. The first-order valence-electron chi connectivity index (χ1n) is 8.07. The predicted octanol–water partition coefficient (Wildman–Crippen LogP) is 3.80. The molecule has 0 aromatic heterocycles. The Kier molecular flexibility index (Phi) is 4.60. The van der Waals surface area contributed by atoms with Crippen LogP contribution in [0.15, 0.2) is 18.2 Å². The number of rotatable bonds is 3. The number of fused-ring (bicyclic) bond motifs is 1. The van der Waals surface area contributed by atoms with Crippen molar-refractivity contribution in [2.24, 2.45) is 0 Å². The number of benzene rings is 1. The molecular formula is C17H25ClN2O. The summed E-state index contributed by atoms with van der Waals surface area (Å²) < 4.78 is 5.38. The van der Waals surface area contributed by atoms with Crippen LogP contribution >= 0.6 is 11.6 Å². The fourth-order valence-electron chi connectivity index (χ4n) is 3.75. The van der Waals surface area contributed by atoms with E-state index >= 15 is 0 Å². The molecule has 2 heterocycles. The number of piperidine rings is 1. The van der Waals surface area contributed by atoms with E-state index in [0.717, 1.165) is 12.3 Å². The summed E-state index contributed by atoms with van der Waals surface area (Å²) in [6.45, 7) is 5.88. The highest BCUT2D eigenvalue weighted by molar-refractivity contribution is 6.32. The Morgan fingerprint density at radius 3 is 2.90 bits per heavy atom. The normalized spacial score (nSPS) is 26.5. The minimum Gasteiger partial charge on any atom is -0.495 e. The lowest BCUT2D eigenvalue weighted by molar-refractivity contribution is 0.111. The molecule has 2 aliphatic heterocycles.